The summed E-state index contributed by atoms with van der Waals surface area (Å²) in [6.45, 7) is 5.06. The van der Waals surface area contributed by atoms with Crippen molar-refractivity contribution in [3.63, 3.8) is 0 Å². The number of rotatable bonds is 4. The van der Waals surface area contributed by atoms with E-state index in [1.807, 2.05) is 60.4 Å². The van der Waals surface area contributed by atoms with Crippen LogP contribution in [0.4, 0.5) is 17.5 Å². The van der Waals surface area contributed by atoms with Gasteiger partial charge in [0.05, 0.1) is 0 Å². The fourth-order valence-corrected chi connectivity index (χ4v) is 4.00. The minimum absolute atomic E-state index is 0.102. The molecule has 0 N–H and O–H groups in total. The van der Waals surface area contributed by atoms with Gasteiger partial charge in [0, 0.05) is 70.8 Å². The third-order valence-electron chi connectivity index (χ3n) is 5.77. The van der Waals surface area contributed by atoms with E-state index in [1.165, 1.54) is 19.3 Å². The number of carbonyl (C=O) groups excluding carboxylic acids is 1. The van der Waals surface area contributed by atoms with Crippen molar-refractivity contribution >= 4 is 23.4 Å². The van der Waals surface area contributed by atoms with E-state index in [2.05, 4.69) is 14.8 Å². The Balaban J connectivity index is 1.39. The Morgan fingerprint density at radius 1 is 0.931 bits per heavy atom. The zero-order valence-electron chi connectivity index (χ0n) is 17.4. The van der Waals surface area contributed by atoms with Crippen molar-refractivity contribution < 1.29 is 4.79 Å². The van der Waals surface area contributed by atoms with E-state index in [4.69, 9.17) is 4.98 Å². The molecule has 0 unspecified atom stereocenters. The van der Waals surface area contributed by atoms with Crippen molar-refractivity contribution in [3.05, 3.63) is 42.1 Å². The fraction of sp³-hybridized carbons (Fsp3) is 0.500. The molecule has 7 nitrogen and oxygen atoms in total. The molecule has 0 atom stereocenters. The standard InChI is InChI=1S/C22H30N6O/c1-25(2)19-8-6-7-18(17-19)21(29)27-15-13-26(14-16-27)20-9-10-23-22(24-20)28-11-4-3-5-12-28/h6-10,17H,3-5,11-16H2,1-2H3. The fourth-order valence-electron chi connectivity index (χ4n) is 4.00. The largest absolute Gasteiger partial charge is 0.378 e. The summed E-state index contributed by atoms with van der Waals surface area (Å²) >= 11 is 0. The normalized spacial score (nSPS) is 17.4. The van der Waals surface area contributed by atoms with Crippen molar-refractivity contribution in [1.29, 1.82) is 0 Å². The number of hydrogen-bond donors (Lipinski definition) is 0. The highest BCUT2D eigenvalue weighted by molar-refractivity contribution is 5.95. The summed E-state index contributed by atoms with van der Waals surface area (Å²) in [5.41, 5.74) is 1.79. The Kier molecular flexibility index (Phi) is 5.83. The number of piperidine rings is 1. The zero-order chi connectivity index (χ0) is 20.2. The molecule has 0 bridgehead atoms. The van der Waals surface area contributed by atoms with Crippen LogP contribution in [-0.4, -0.2) is 74.1 Å². The van der Waals surface area contributed by atoms with Crippen molar-refractivity contribution in [3.8, 4) is 0 Å². The Bertz CT molecular complexity index is 841. The average molecular weight is 395 g/mol. The summed E-state index contributed by atoms with van der Waals surface area (Å²) in [5.74, 6) is 1.90. The van der Waals surface area contributed by atoms with Crippen molar-refractivity contribution in [1.82, 2.24) is 14.9 Å². The zero-order valence-corrected chi connectivity index (χ0v) is 17.4. The van der Waals surface area contributed by atoms with Gasteiger partial charge in [-0.05, 0) is 43.5 Å². The highest BCUT2D eigenvalue weighted by Gasteiger charge is 2.24. The minimum atomic E-state index is 0.102. The number of piperazine rings is 1. The van der Waals surface area contributed by atoms with Crippen molar-refractivity contribution in [2.75, 3.05) is 68.1 Å². The monoisotopic (exact) mass is 394 g/mol. The molecule has 154 valence electrons. The van der Waals surface area contributed by atoms with Gasteiger partial charge in [0.1, 0.15) is 5.82 Å². The quantitative estimate of drug-likeness (QED) is 0.794. The van der Waals surface area contributed by atoms with Gasteiger partial charge in [0.2, 0.25) is 5.95 Å². The first-order chi connectivity index (χ1) is 14.1. The van der Waals surface area contributed by atoms with Crippen LogP contribution in [0.3, 0.4) is 0 Å². The second-order valence-electron chi connectivity index (χ2n) is 7.99. The van der Waals surface area contributed by atoms with E-state index in [0.29, 0.717) is 13.1 Å². The molecule has 2 aliphatic rings. The molecule has 2 aliphatic heterocycles. The topological polar surface area (TPSA) is 55.8 Å². The summed E-state index contributed by atoms with van der Waals surface area (Å²) in [7, 11) is 3.98. The van der Waals surface area contributed by atoms with Gasteiger partial charge in [-0.3, -0.25) is 4.79 Å². The smallest absolute Gasteiger partial charge is 0.254 e. The third kappa shape index (κ3) is 4.44. The lowest BCUT2D eigenvalue weighted by molar-refractivity contribution is 0.0746. The first kappa shape index (κ1) is 19.5. The van der Waals surface area contributed by atoms with E-state index >= 15 is 0 Å². The van der Waals surface area contributed by atoms with Gasteiger partial charge in [0.25, 0.3) is 5.91 Å². The van der Waals surface area contributed by atoms with Crippen LogP contribution < -0.4 is 14.7 Å². The Morgan fingerprint density at radius 3 is 2.41 bits per heavy atom. The number of hydrogen-bond acceptors (Lipinski definition) is 6. The number of anilines is 3. The summed E-state index contributed by atoms with van der Waals surface area (Å²) in [5, 5.41) is 0. The van der Waals surface area contributed by atoms with Crippen LogP contribution in [0.1, 0.15) is 29.6 Å². The molecule has 2 aromatic rings. The number of amides is 1. The predicted molar refractivity (Wildman–Crippen MR) is 117 cm³/mol. The van der Waals surface area contributed by atoms with Crippen LogP contribution in [0.2, 0.25) is 0 Å². The maximum Gasteiger partial charge on any atom is 0.254 e. The molecule has 1 amide bonds. The summed E-state index contributed by atoms with van der Waals surface area (Å²) in [6, 6.07) is 9.80. The molecule has 0 aliphatic carbocycles. The van der Waals surface area contributed by atoms with E-state index in [-0.39, 0.29) is 5.91 Å². The van der Waals surface area contributed by atoms with Gasteiger partial charge in [-0.15, -0.1) is 0 Å². The molecule has 2 fully saturated rings. The van der Waals surface area contributed by atoms with E-state index in [9.17, 15) is 4.79 Å². The van der Waals surface area contributed by atoms with Gasteiger partial charge in [-0.2, -0.15) is 4.98 Å². The minimum Gasteiger partial charge on any atom is -0.378 e. The number of nitrogens with zero attached hydrogens (tertiary/aromatic N) is 6. The second-order valence-corrected chi connectivity index (χ2v) is 7.99. The maximum absolute atomic E-state index is 12.9. The SMILES string of the molecule is CN(C)c1cccc(C(=O)N2CCN(c3ccnc(N4CCCCC4)n3)CC2)c1. The lowest BCUT2D eigenvalue weighted by Crippen LogP contribution is -2.49. The van der Waals surface area contributed by atoms with E-state index in [1.54, 1.807) is 0 Å². The molecule has 7 heteroatoms. The van der Waals surface area contributed by atoms with Gasteiger partial charge in [-0.25, -0.2) is 4.98 Å². The third-order valence-corrected chi connectivity index (χ3v) is 5.77. The van der Waals surface area contributed by atoms with Crippen LogP contribution in [0.25, 0.3) is 0 Å². The van der Waals surface area contributed by atoms with Crippen LogP contribution in [0, 0.1) is 0 Å². The Hall–Kier alpha value is -2.83. The molecular formula is C22H30N6O. The molecule has 4 rings (SSSR count). The lowest BCUT2D eigenvalue weighted by atomic mass is 10.1. The molecule has 0 spiro atoms. The van der Waals surface area contributed by atoms with Gasteiger partial charge in [-0.1, -0.05) is 6.07 Å². The van der Waals surface area contributed by atoms with E-state index in [0.717, 1.165) is 49.2 Å². The molecule has 2 saturated heterocycles. The van der Waals surface area contributed by atoms with Crippen LogP contribution in [0.5, 0.6) is 0 Å². The average Bonchev–Trinajstić information content (AvgIpc) is 2.79. The van der Waals surface area contributed by atoms with Gasteiger partial charge >= 0.3 is 0 Å². The first-order valence-electron chi connectivity index (χ1n) is 10.5. The molecular weight excluding hydrogens is 364 g/mol. The second kappa shape index (κ2) is 8.68. The summed E-state index contributed by atoms with van der Waals surface area (Å²) in [4.78, 5) is 30.7. The predicted octanol–water partition coefficient (Wildman–Crippen LogP) is 2.50. The van der Waals surface area contributed by atoms with Crippen LogP contribution in [-0.2, 0) is 0 Å². The molecule has 0 radical (unpaired) electrons. The van der Waals surface area contributed by atoms with Gasteiger partial charge < -0.3 is 19.6 Å². The van der Waals surface area contributed by atoms with Crippen LogP contribution in [0.15, 0.2) is 36.5 Å². The lowest BCUT2D eigenvalue weighted by Gasteiger charge is -2.36. The molecule has 29 heavy (non-hydrogen) atoms. The molecule has 0 saturated carbocycles. The molecule has 1 aromatic heterocycles. The Morgan fingerprint density at radius 2 is 1.69 bits per heavy atom. The summed E-state index contributed by atoms with van der Waals surface area (Å²) < 4.78 is 0. The first-order valence-corrected chi connectivity index (χ1v) is 10.5. The van der Waals surface area contributed by atoms with Crippen molar-refractivity contribution in [2.24, 2.45) is 0 Å². The highest BCUT2D eigenvalue weighted by Crippen LogP contribution is 2.21. The Labute approximate surface area is 172 Å². The van der Waals surface area contributed by atoms with Crippen LogP contribution >= 0.6 is 0 Å². The van der Waals surface area contributed by atoms with Crippen molar-refractivity contribution in [2.45, 2.75) is 19.3 Å². The molecule has 1 aromatic carbocycles. The maximum atomic E-state index is 12.9. The van der Waals surface area contributed by atoms with Gasteiger partial charge in [0.15, 0.2) is 0 Å². The summed E-state index contributed by atoms with van der Waals surface area (Å²) in [6.07, 6.45) is 5.58. The number of benzene rings is 1. The number of aromatic nitrogens is 2. The number of carbonyl (C=O) groups is 1. The molecule has 3 heterocycles. The van der Waals surface area contributed by atoms with E-state index < -0.39 is 0 Å². The highest BCUT2D eigenvalue weighted by atomic mass is 16.2.